The Hall–Kier alpha value is -1.44. The summed E-state index contributed by atoms with van der Waals surface area (Å²) in [5, 5.41) is 7.58. The highest BCUT2D eigenvalue weighted by molar-refractivity contribution is 7.80. The van der Waals surface area contributed by atoms with Gasteiger partial charge in [-0.3, -0.25) is 4.90 Å². The Bertz CT molecular complexity index is 828. The lowest BCUT2D eigenvalue weighted by molar-refractivity contribution is 0.112. The fraction of sp³-hybridized carbons (Fsp3) is 0.350. The van der Waals surface area contributed by atoms with Crippen LogP contribution in [0.2, 0.25) is 10.0 Å². The Balaban J connectivity index is 1.68. The minimum absolute atomic E-state index is 0.0548. The molecule has 3 rings (SSSR count). The number of thiocarbonyl (C=S) groups is 1. The number of likely N-dealkylation sites (N-methyl/N-ethyl adjacent to an activating group) is 1. The normalized spacial score (nSPS) is 16.6. The molecule has 1 aliphatic rings. The van der Waals surface area contributed by atoms with Crippen LogP contribution >= 0.6 is 35.4 Å². The summed E-state index contributed by atoms with van der Waals surface area (Å²) < 4.78 is 13.3. The number of rotatable bonds is 5. The molecule has 1 unspecified atom stereocenters. The number of hydrogen-bond donors (Lipinski definition) is 2. The van der Waals surface area contributed by atoms with Gasteiger partial charge in [-0.1, -0.05) is 41.4 Å². The van der Waals surface area contributed by atoms with Crippen LogP contribution in [0.4, 0.5) is 10.1 Å². The molecule has 2 aromatic carbocycles. The molecular formula is C20H23Cl2FN4S. The topological polar surface area (TPSA) is 30.5 Å². The Morgan fingerprint density at radius 3 is 2.50 bits per heavy atom. The van der Waals surface area contributed by atoms with Crippen LogP contribution in [0, 0.1) is 5.82 Å². The minimum atomic E-state index is -0.458. The number of halogens is 3. The summed E-state index contributed by atoms with van der Waals surface area (Å²) in [5.41, 5.74) is 1.71. The third-order valence-corrected chi connectivity index (χ3v) is 5.76. The maximum Gasteiger partial charge on any atom is 0.170 e. The highest BCUT2D eigenvalue weighted by Gasteiger charge is 2.25. The van der Waals surface area contributed by atoms with E-state index in [1.54, 1.807) is 6.07 Å². The van der Waals surface area contributed by atoms with Crippen LogP contribution in [0.25, 0.3) is 0 Å². The van der Waals surface area contributed by atoms with Gasteiger partial charge in [0.15, 0.2) is 5.11 Å². The molecule has 2 aromatic rings. The highest BCUT2D eigenvalue weighted by Crippen LogP contribution is 2.28. The van der Waals surface area contributed by atoms with E-state index in [9.17, 15) is 4.39 Å². The summed E-state index contributed by atoms with van der Waals surface area (Å²) in [6, 6.07) is 12.4. The van der Waals surface area contributed by atoms with Gasteiger partial charge in [-0.05, 0) is 49.1 Å². The molecule has 0 radical (unpaired) electrons. The molecule has 28 heavy (non-hydrogen) atoms. The van der Waals surface area contributed by atoms with E-state index >= 15 is 0 Å². The Morgan fingerprint density at radius 1 is 1.11 bits per heavy atom. The molecule has 1 heterocycles. The van der Waals surface area contributed by atoms with E-state index in [2.05, 4.69) is 33.5 Å². The first-order chi connectivity index (χ1) is 13.4. The first-order valence-electron chi connectivity index (χ1n) is 9.11. The SMILES string of the molecule is CN1CCN(C(CNC(=S)Nc2ccc(F)c(Cl)c2)c2ccccc2Cl)CC1. The molecule has 1 atom stereocenters. The van der Waals surface area contributed by atoms with Gasteiger partial charge in [-0.25, -0.2) is 4.39 Å². The smallest absolute Gasteiger partial charge is 0.170 e. The monoisotopic (exact) mass is 440 g/mol. The molecule has 4 nitrogen and oxygen atoms in total. The van der Waals surface area contributed by atoms with E-state index in [0.717, 1.165) is 36.8 Å². The first kappa shape index (κ1) is 21.3. The van der Waals surface area contributed by atoms with E-state index in [4.69, 9.17) is 35.4 Å². The molecule has 0 spiro atoms. The Morgan fingerprint density at radius 2 is 1.82 bits per heavy atom. The summed E-state index contributed by atoms with van der Waals surface area (Å²) in [6.45, 7) is 4.55. The third kappa shape index (κ3) is 5.55. The quantitative estimate of drug-likeness (QED) is 0.672. The zero-order valence-electron chi connectivity index (χ0n) is 15.6. The predicted octanol–water partition coefficient (Wildman–Crippen LogP) is 4.41. The minimum Gasteiger partial charge on any atom is -0.361 e. The van der Waals surface area contributed by atoms with Crippen molar-refractivity contribution < 1.29 is 4.39 Å². The zero-order chi connectivity index (χ0) is 20.1. The maximum atomic E-state index is 13.3. The lowest BCUT2D eigenvalue weighted by Crippen LogP contribution is -2.48. The Kier molecular flexibility index (Phi) is 7.48. The lowest BCUT2D eigenvalue weighted by atomic mass is 10.0. The average molecular weight is 441 g/mol. The second-order valence-electron chi connectivity index (χ2n) is 6.84. The first-order valence-corrected chi connectivity index (χ1v) is 10.3. The number of anilines is 1. The van der Waals surface area contributed by atoms with Crippen LogP contribution in [-0.4, -0.2) is 54.7 Å². The van der Waals surface area contributed by atoms with Crippen molar-refractivity contribution in [1.82, 2.24) is 15.1 Å². The van der Waals surface area contributed by atoms with Crippen molar-refractivity contribution in [1.29, 1.82) is 0 Å². The average Bonchev–Trinajstić information content (AvgIpc) is 2.67. The van der Waals surface area contributed by atoms with Gasteiger partial charge >= 0.3 is 0 Å². The molecule has 2 N–H and O–H groups in total. The van der Waals surface area contributed by atoms with Crippen LogP contribution < -0.4 is 10.6 Å². The van der Waals surface area contributed by atoms with E-state index in [1.807, 2.05) is 18.2 Å². The van der Waals surface area contributed by atoms with Crippen LogP contribution in [-0.2, 0) is 0 Å². The molecule has 8 heteroatoms. The van der Waals surface area contributed by atoms with Crippen molar-refractivity contribution in [3.05, 3.63) is 63.9 Å². The number of benzene rings is 2. The molecule has 0 bridgehead atoms. The maximum absolute atomic E-state index is 13.3. The summed E-state index contributed by atoms with van der Waals surface area (Å²) >= 11 is 17.7. The van der Waals surface area contributed by atoms with Crippen molar-refractivity contribution in [2.24, 2.45) is 0 Å². The zero-order valence-corrected chi connectivity index (χ0v) is 17.9. The van der Waals surface area contributed by atoms with Crippen molar-refractivity contribution in [3.63, 3.8) is 0 Å². The van der Waals surface area contributed by atoms with Crippen molar-refractivity contribution >= 4 is 46.2 Å². The van der Waals surface area contributed by atoms with Gasteiger partial charge in [0.25, 0.3) is 0 Å². The third-order valence-electron chi connectivity index (χ3n) is 4.88. The van der Waals surface area contributed by atoms with Crippen molar-refractivity contribution in [2.75, 3.05) is 45.1 Å². The molecule has 0 amide bonds. The lowest BCUT2D eigenvalue weighted by Gasteiger charge is -2.38. The summed E-state index contributed by atoms with van der Waals surface area (Å²) in [4.78, 5) is 4.74. The van der Waals surface area contributed by atoms with Gasteiger partial charge in [0, 0.05) is 43.4 Å². The van der Waals surface area contributed by atoms with Crippen LogP contribution in [0.5, 0.6) is 0 Å². The number of hydrogen-bond acceptors (Lipinski definition) is 3. The van der Waals surface area contributed by atoms with Gasteiger partial charge < -0.3 is 15.5 Å². The fourth-order valence-electron chi connectivity index (χ4n) is 3.25. The number of nitrogens with zero attached hydrogens (tertiary/aromatic N) is 2. The Labute approximate surface area is 180 Å². The summed E-state index contributed by atoms with van der Waals surface area (Å²) in [7, 11) is 2.13. The van der Waals surface area contributed by atoms with Gasteiger partial charge in [0.05, 0.1) is 11.1 Å². The molecule has 0 aromatic heterocycles. The summed E-state index contributed by atoms with van der Waals surface area (Å²) in [5.74, 6) is -0.458. The molecule has 0 saturated carbocycles. The van der Waals surface area contributed by atoms with Crippen LogP contribution in [0.3, 0.4) is 0 Å². The van der Waals surface area contributed by atoms with Gasteiger partial charge in [-0.15, -0.1) is 0 Å². The molecule has 0 aliphatic carbocycles. The molecule has 1 saturated heterocycles. The van der Waals surface area contributed by atoms with Gasteiger partial charge in [-0.2, -0.15) is 0 Å². The van der Waals surface area contributed by atoms with E-state index < -0.39 is 5.82 Å². The predicted molar refractivity (Wildman–Crippen MR) is 119 cm³/mol. The molecule has 1 fully saturated rings. The van der Waals surface area contributed by atoms with E-state index in [0.29, 0.717) is 17.3 Å². The number of nitrogens with one attached hydrogen (secondary N) is 2. The van der Waals surface area contributed by atoms with Crippen molar-refractivity contribution in [3.8, 4) is 0 Å². The van der Waals surface area contributed by atoms with Crippen LogP contribution in [0.15, 0.2) is 42.5 Å². The molecule has 150 valence electrons. The summed E-state index contributed by atoms with van der Waals surface area (Å²) in [6.07, 6.45) is 0. The largest absolute Gasteiger partial charge is 0.361 e. The standard InChI is InChI=1S/C20H23Cl2FN4S/c1-26-8-10-27(11-9-26)19(15-4-2-3-5-16(15)21)13-24-20(28)25-14-6-7-18(23)17(22)12-14/h2-7,12,19H,8-11,13H2,1H3,(H2,24,25,28). The van der Waals surface area contributed by atoms with Crippen molar-refractivity contribution in [2.45, 2.75) is 6.04 Å². The second-order valence-corrected chi connectivity index (χ2v) is 8.06. The van der Waals surface area contributed by atoms with E-state index in [-0.39, 0.29) is 11.1 Å². The van der Waals surface area contributed by atoms with Gasteiger partial charge in [0.1, 0.15) is 5.82 Å². The highest BCUT2D eigenvalue weighted by atomic mass is 35.5. The van der Waals surface area contributed by atoms with E-state index in [1.165, 1.54) is 12.1 Å². The number of piperazine rings is 1. The second kappa shape index (κ2) is 9.85. The van der Waals surface area contributed by atoms with Crippen LogP contribution in [0.1, 0.15) is 11.6 Å². The fourth-order valence-corrected chi connectivity index (χ4v) is 3.90. The molecular weight excluding hydrogens is 418 g/mol. The molecule has 1 aliphatic heterocycles. The van der Waals surface area contributed by atoms with Gasteiger partial charge in [0.2, 0.25) is 0 Å².